The Hall–Kier alpha value is -1.22. The van der Waals surface area contributed by atoms with Crippen molar-refractivity contribution in [1.82, 2.24) is 0 Å². The molecule has 148 valence electrons. The monoisotopic (exact) mass is 364 g/mol. The molecule has 0 aromatic heterocycles. The predicted octanol–water partition coefficient (Wildman–Crippen LogP) is 1.21. The van der Waals surface area contributed by atoms with Crippen LogP contribution in [0.5, 0.6) is 0 Å². The number of rotatable bonds is 17. The standard InChI is InChI=1S/C17H32O8/c1-15(14-17(19)25-13-11-23-9-7-21-3)4-5-16(18)24-12-10-22-8-6-20-2/h15H,4-14H2,1-3H3. The summed E-state index contributed by atoms with van der Waals surface area (Å²) in [6.45, 7) is 5.03. The number of esters is 2. The van der Waals surface area contributed by atoms with Gasteiger partial charge in [-0.2, -0.15) is 0 Å². The molecule has 1 unspecified atom stereocenters. The maximum atomic E-state index is 11.6. The second kappa shape index (κ2) is 17.6. The summed E-state index contributed by atoms with van der Waals surface area (Å²) >= 11 is 0. The Morgan fingerprint density at radius 3 is 1.72 bits per heavy atom. The van der Waals surface area contributed by atoms with Gasteiger partial charge in [-0.25, -0.2) is 0 Å². The fourth-order valence-corrected chi connectivity index (χ4v) is 1.80. The Bertz CT molecular complexity index is 335. The maximum absolute atomic E-state index is 11.6. The zero-order valence-corrected chi connectivity index (χ0v) is 15.6. The first-order chi connectivity index (χ1) is 12.1. The van der Waals surface area contributed by atoms with Crippen LogP contribution in [0.15, 0.2) is 0 Å². The topological polar surface area (TPSA) is 89.5 Å². The van der Waals surface area contributed by atoms with Gasteiger partial charge < -0.3 is 28.4 Å². The second-order valence-electron chi connectivity index (χ2n) is 5.50. The highest BCUT2D eigenvalue weighted by Gasteiger charge is 2.13. The Kier molecular flexibility index (Phi) is 16.7. The highest BCUT2D eigenvalue weighted by molar-refractivity contribution is 5.70. The van der Waals surface area contributed by atoms with Gasteiger partial charge in [0.1, 0.15) is 13.2 Å². The molecule has 8 nitrogen and oxygen atoms in total. The molecule has 0 aliphatic heterocycles. The number of hydrogen-bond acceptors (Lipinski definition) is 8. The number of carbonyl (C=O) groups excluding carboxylic acids is 2. The average molecular weight is 364 g/mol. The number of carbonyl (C=O) groups is 2. The predicted molar refractivity (Wildman–Crippen MR) is 90.3 cm³/mol. The summed E-state index contributed by atoms with van der Waals surface area (Å²) in [6.07, 6.45) is 1.11. The zero-order valence-electron chi connectivity index (χ0n) is 15.6. The van der Waals surface area contributed by atoms with Gasteiger partial charge in [0.15, 0.2) is 0 Å². The summed E-state index contributed by atoms with van der Waals surface area (Å²) in [5.41, 5.74) is 0. The fraction of sp³-hybridized carbons (Fsp3) is 0.882. The largest absolute Gasteiger partial charge is 0.463 e. The molecule has 1 atom stereocenters. The van der Waals surface area contributed by atoms with Crippen LogP contribution in [0, 0.1) is 5.92 Å². The van der Waals surface area contributed by atoms with Crippen LogP contribution in [0.1, 0.15) is 26.2 Å². The summed E-state index contributed by atoms with van der Waals surface area (Å²) in [6, 6.07) is 0. The molecule has 25 heavy (non-hydrogen) atoms. The van der Waals surface area contributed by atoms with E-state index in [4.69, 9.17) is 28.4 Å². The van der Waals surface area contributed by atoms with Crippen LogP contribution in [0.3, 0.4) is 0 Å². The molecule has 0 heterocycles. The van der Waals surface area contributed by atoms with Crippen molar-refractivity contribution in [3.05, 3.63) is 0 Å². The SMILES string of the molecule is COCCOCCOC(=O)CCC(C)CC(=O)OCCOCCOC. The molecule has 0 saturated heterocycles. The Morgan fingerprint density at radius 2 is 1.20 bits per heavy atom. The smallest absolute Gasteiger partial charge is 0.306 e. The van der Waals surface area contributed by atoms with E-state index in [0.29, 0.717) is 46.1 Å². The van der Waals surface area contributed by atoms with Crippen LogP contribution in [-0.2, 0) is 38.0 Å². The quantitative estimate of drug-likeness (QED) is 0.281. The molecule has 0 amide bonds. The van der Waals surface area contributed by atoms with Crippen molar-refractivity contribution in [3.63, 3.8) is 0 Å². The Labute approximate surface area is 150 Å². The van der Waals surface area contributed by atoms with Crippen molar-refractivity contribution in [1.29, 1.82) is 0 Å². The summed E-state index contributed by atoms with van der Waals surface area (Å²) in [4.78, 5) is 23.2. The van der Waals surface area contributed by atoms with E-state index in [1.807, 2.05) is 6.92 Å². The molecular weight excluding hydrogens is 332 g/mol. The molecule has 0 N–H and O–H groups in total. The van der Waals surface area contributed by atoms with Gasteiger partial charge in [0.25, 0.3) is 0 Å². The highest BCUT2D eigenvalue weighted by atomic mass is 16.6. The molecule has 0 aromatic carbocycles. The summed E-state index contributed by atoms with van der Waals surface area (Å²) in [7, 11) is 3.19. The fourth-order valence-electron chi connectivity index (χ4n) is 1.80. The Morgan fingerprint density at radius 1 is 0.720 bits per heavy atom. The normalized spacial score (nSPS) is 12.0. The van der Waals surface area contributed by atoms with E-state index in [1.54, 1.807) is 14.2 Å². The van der Waals surface area contributed by atoms with E-state index >= 15 is 0 Å². The molecule has 0 aromatic rings. The van der Waals surface area contributed by atoms with Gasteiger partial charge in [-0.1, -0.05) is 6.92 Å². The van der Waals surface area contributed by atoms with E-state index in [1.165, 1.54) is 0 Å². The molecule has 0 bridgehead atoms. The summed E-state index contributed by atoms with van der Waals surface area (Å²) in [5, 5.41) is 0. The highest BCUT2D eigenvalue weighted by Crippen LogP contribution is 2.11. The number of methoxy groups -OCH3 is 2. The van der Waals surface area contributed by atoms with Crippen LogP contribution in [-0.4, -0.2) is 79.0 Å². The molecular formula is C17H32O8. The van der Waals surface area contributed by atoms with Gasteiger partial charge in [-0.3, -0.25) is 9.59 Å². The zero-order chi connectivity index (χ0) is 18.8. The van der Waals surface area contributed by atoms with Crippen molar-refractivity contribution < 1.29 is 38.0 Å². The minimum Gasteiger partial charge on any atom is -0.463 e. The van der Waals surface area contributed by atoms with E-state index in [-0.39, 0.29) is 43.9 Å². The van der Waals surface area contributed by atoms with Crippen molar-refractivity contribution in [3.8, 4) is 0 Å². The lowest BCUT2D eigenvalue weighted by Gasteiger charge is -2.11. The summed E-state index contributed by atoms with van der Waals surface area (Å²) < 4.78 is 30.2. The average Bonchev–Trinajstić information content (AvgIpc) is 2.59. The molecule has 0 fully saturated rings. The lowest BCUT2D eigenvalue weighted by molar-refractivity contribution is -0.148. The molecule has 0 radical (unpaired) electrons. The molecule has 8 heteroatoms. The Balaban J connectivity index is 3.52. The molecule has 0 rings (SSSR count). The van der Waals surface area contributed by atoms with Gasteiger partial charge in [0.2, 0.25) is 0 Å². The van der Waals surface area contributed by atoms with Gasteiger partial charge in [-0.05, 0) is 12.3 Å². The van der Waals surface area contributed by atoms with E-state index in [0.717, 1.165) is 0 Å². The van der Waals surface area contributed by atoms with Crippen LogP contribution >= 0.6 is 0 Å². The third-order valence-electron chi connectivity index (χ3n) is 3.20. The van der Waals surface area contributed by atoms with Crippen molar-refractivity contribution in [2.24, 2.45) is 5.92 Å². The van der Waals surface area contributed by atoms with Crippen LogP contribution < -0.4 is 0 Å². The first-order valence-electron chi connectivity index (χ1n) is 8.54. The third kappa shape index (κ3) is 17.4. The third-order valence-corrected chi connectivity index (χ3v) is 3.20. The van der Waals surface area contributed by atoms with Gasteiger partial charge in [0, 0.05) is 27.1 Å². The maximum Gasteiger partial charge on any atom is 0.306 e. The first-order valence-corrected chi connectivity index (χ1v) is 8.54. The van der Waals surface area contributed by atoms with E-state index < -0.39 is 0 Å². The number of hydrogen-bond donors (Lipinski definition) is 0. The van der Waals surface area contributed by atoms with Gasteiger partial charge in [-0.15, -0.1) is 0 Å². The van der Waals surface area contributed by atoms with Crippen molar-refractivity contribution >= 4 is 11.9 Å². The lowest BCUT2D eigenvalue weighted by atomic mass is 10.0. The second-order valence-corrected chi connectivity index (χ2v) is 5.50. The minimum absolute atomic E-state index is 0.0485. The van der Waals surface area contributed by atoms with E-state index in [2.05, 4.69) is 0 Å². The first kappa shape index (κ1) is 23.8. The molecule has 0 aliphatic carbocycles. The molecule has 0 spiro atoms. The molecule has 0 saturated carbocycles. The minimum atomic E-state index is -0.290. The van der Waals surface area contributed by atoms with Crippen molar-refractivity contribution in [2.45, 2.75) is 26.2 Å². The molecule has 0 aliphatic rings. The van der Waals surface area contributed by atoms with Gasteiger partial charge in [0.05, 0.1) is 39.6 Å². The van der Waals surface area contributed by atoms with Crippen LogP contribution in [0.25, 0.3) is 0 Å². The van der Waals surface area contributed by atoms with Gasteiger partial charge >= 0.3 is 11.9 Å². The van der Waals surface area contributed by atoms with Crippen LogP contribution in [0.4, 0.5) is 0 Å². The van der Waals surface area contributed by atoms with Crippen LogP contribution in [0.2, 0.25) is 0 Å². The van der Waals surface area contributed by atoms with Crippen molar-refractivity contribution in [2.75, 3.05) is 67.1 Å². The lowest BCUT2D eigenvalue weighted by Crippen LogP contribution is -2.16. The summed E-state index contributed by atoms with van der Waals surface area (Å²) in [5.74, 6) is -0.530. The number of ether oxygens (including phenoxy) is 6. The van der Waals surface area contributed by atoms with E-state index in [9.17, 15) is 9.59 Å².